The highest BCUT2D eigenvalue weighted by atomic mass is 32.2. The first kappa shape index (κ1) is 7.36. The van der Waals surface area contributed by atoms with Crippen molar-refractivity contribution in [2.45, 2.75) is 0 Å². The Hall–Kier alpha value is -0.640. The quantitative estimate of drug-likeness (QED) is 0.169. The molecule has 46 valence electrons. The van der Waals surface area contributed by atoms with Gasteiger partial charge in [-0.3, -0.25) is 11.1 Å². The maximum absolute atomic E-state index is 4.95. The van der Waals surface area contributed by atoms with Crippen LogP contribution in [0.3, 0.4) is 0 Å². The van der Waals surface area contributed by atoms with Gasteiger partial charge in [0, 0.05) is 5.75 Å². The van der Waals surface area contributed by atoms with E-state index in [-0.39, 0.29) is 6.02 Å². The summed E-state index contributed by atoms with van der Waals surface area (Å²) in [5.74, 6) is 0.692. The molecule has 0 fully saturated rings. The molecule has 0 aliphatic heterocycles. The lowest BCUT2D eigenvalue weighted by Crippen LogP contribution is -2.46. The monoisotopic (exact) mass is 133 g/mol. The molecular weight excluding hydrogens is 124 g/mol. The van der Waals surface area contributed by atoms with Gasteiger partial charge >= 0.3 is 6.02 Å². The van der Waals surface area contributed by atoms with Gasteiger partial charge in [-0.2, -0.15) is 0 Å². The molecule has 0 heterocycles. The zero-order valence-electron chi connectivity index (χ0n) is 4.46. The summed E-state index contributed by atoms with van der Waals surface area (Å²) >= 11 is 1.16. The van der Waals surface area contributed by atoms with Crippen LogP contribution in [0.4, 0.5) is 0 Å². The standard InChI is InChI=1S/C4H8N2OS/c1-2-3-8-7-4(5)6/h2H,1,3H2,(H3,5,6)/p+1. The van der Waals surface area contributed by atoms with Gasteiger partial charge in [-0.25, -0.2) is 0 Å². The third kappa shape index (κ3) is 5.36. The molecule has 0 atom stereocenters. The molecule has 0 aliphatic rings. The highest BCUT2D eigenvalue weighted by Gasteiger charge is 1.91. The molecule has 0 bridgehead atoms. The Kier molecular flexibility index (Phi) is 4.16. The molecule has 0 rings (SSSR count). The first-order chi connectivity index (χ1) is 3.77. The fourth-order valence-electron chi connectivity index (χ4n) is 0.150. The fraction of sp³-hybridized carbons (Fsp3) is 0.250. The molecule has 4 heteroatoms. The van der Waals surface area contributed by atoms with Crippen molar-refractivity contribution in [2.24, 2.45) is 5.73 Å². The van der Waals surface area contributed by atoms with E-state index in [2.05, 4.69) is 10.8 Å². The summed E-state index contributed by atoms with van der Waals surface area (Å²) in [4.78, 5) is 0. The number of hydrogen-bond donors (Lipinski definition) is 2. The van der Waals surface area contributed by atoms with Gasteiger partial charge in [0.1, 0.15) is 0 Å². The molecule has 0 spiro atoms. The lowest BCUT2D eigenvalue weighted by molar-refractivity contribution is -0.131. The summed E-state index contributed by atoms with van der Waals surface area (Å²) in [6.07, 6.45) is 1.70. The lowest BCUT2D eigenvalue weighted by atomic mass is 10.8. The molecule has 0 aromatic heterocycles. The van der Waals surface area contributed by atoms with E-state index in [0.717, 1.165) is 12.0 Å². The fourth-order valence-corrected chi connectivity index (χ4v) is 0.451. The van der Waals surface area contributed by atoms with Crippen LogP contribution >= 0.6 is 12.0 Å². The third-order valence-electron chi connectivity index (χ3n) is 0.341. The SMILES string of the molecule is C=CCSOC(N)=[NH2+]. The Morgan fingerprint density at radius 3 is 3.00 bits per heavy atom. The lowest BCUT2D eigenvalue weighted by Gasteiger charge is -1.89. The van der Waals surface area contributed by atoms with E-state index in [4.69, 9.17) is 11.1 Å². The van der Waals surface area contributed by atoms with Gasteiger partial charge in [-0.1, -0.05) is 6.08 Å². The molecule has 3 nitrogen and oxygen atoms in total. The average molecular weight is 133 g/mol. The molecule has 0 saturated heterocycles. The first-order valence-electron chi connectivity index (χ1n) is 2.05. The van der Waals surface area contributed by atoms with E-state index in [1.165, 1.54) is 0 Å². The molecule has 0 unspecified atom stereocenters. The molecule has 4 N–H and O–H groups in total. The Bertz CT molecular complexity index is 94.0. The predicted octanol–water partition coefficient (Wildman–Crippen LogP) is -1.09. The number of hydrogen-bond acceptors (Lipinski definition) is 2. The van der Waals surface area contributed by atoms with E-state index in [1.807, 2.05) is 0 Å². The molecule has 8 heavy (non-hydrogen) atoms. The van der Waals surface area contributed by atoms with Crippen molar-refractivity contribution in [2.75, 3.05) is 5.75 Å². The number of nitrogens with two attached hydrogens (primary N) is 2. The van der Waals surface area contributed by atoms with Crippen LogP contribution in [0.15, 0.2) is 12.7 Å². The molecule has 0 aliphatic carbocycles. The summed E-state index contributed by atoms with van der Waals surface area (Å²) in [5, 5.41) is 4.95. The Morgan fingerprint density at radius 1 is 2.00 bits per heavy atom. The summed E-state index contributed by atoms with van der Waals surface area (Å²) < 4.78 is 4.60. The van der Waals surface area contributed by atoms with Crippen LogP contribution in [0, 0.1) is 0 Å². The minimum atomic E-state index is -0.0168. The van der Waals surface area contributed by atoms with Gasteiger partial charge in [-0.15, -0.1) is 6.58 Å². The predicted molar refractivity (Wildman–Crippen MR) is 34.9 cm³/mol. The minimum absolute atomic E-state index is 0.0168. The van der Waals surface area contributed by atoms with Crippen molar-refractivity contribution in [3.63, 3.8) is 0 Å². The zero-order valence-corrected chi connectivity index (χ0v) is 5.28. The number of rotatable bonds is 3. The molecular formula is C4H9N2OS+. The van der Waals surface area contributed by atoms with Crippen LogP contribution in [-0.2, 0) is 4.18 Å². The zero-order chi connectivity index (χ0) is 6.41. The van der Waals surface area contributed by atoms with Crippen molar-refractivity contribution >= 4 is 18.1 Å². The maximum atomic E-state index is 4.95. The number of amidine groups is 1. The molecule has 0 radical (unpaired) electrons. The Balaban J connectivity index is 2.93. The van der Waals surface area contributed by atoms with E-state index >= 15 is 0 Å². The highest BCUT2D eigenvalue weighted by Crippen LogP contribution is 1.98. The van der Waals surface area contributed by atoms with Gasteiger partial charge in [0.05, 0.1) is 12.0 Å². The van der Waals surface area contributed by atoms with Gasteiger partial charge in [0.25, 0.3) is 0 Å². The summed E-state index contributed by atoms with van der Waals surface area (Å²) in [6, 6.07) is -0.0168. The normalized spacial score (nSPS) is 8.00. The van der Waals surface area contributed by atoms with Gasteiger partial charge in [0.2, 0.25) is 0 Å². The second-order valence-corrected chi connectivity index (χ2v) is 1.79. The van der Waals surface area contributed by atoms with Crippen molar-refractivity contribution in [1.29, 1.82) is 0 Å². The van der Waals surface area contributed by atoms with Crippen molar-refractivity contribution in [3.8, 4) is 0 Å². The largest absolute Gasteiger partial charge is 0.449 e. The average Bonchev–Trinajstić information content (AvgIpc) is 1.66. The Morgan fingerprint density at radius 2 is 2.62 bits per heavy atom. The van der Waals surface area contributed by atoms with Crippen molar-refractivity contribution in [1.82, 2.24) is 0 Å². The Labute approximate surface area is 52.6 Å². The molecule has 0 saturated carbocycles. The maximum Gasteiger partial charge on any atom is 0.449 e. The van der Waals surface area contributed by atoms with Gasteiger partial charge in [0.15, 0.2) is 0 Å². The van der Waals surface area contributed by atoms with Crippen molar-refractivity contribution < 1.29 is 9.59 Å². The van der Waals surface area contributed by atoms with E-state index in [0.29, 0.717) is 5.75 Å². The van der Waals surface area contributed by atoms with Crippen LogP contribution in [0.5, 0.6) is 0 Å². The highest BCUT2D eigenvalue weighted by molar-refractivity contribution is 7.95. The van der Waals surface area contributed by atoms with Crippen LogP contribution in [0.1, 0.15) is 0 Å². The van der Waals surface area contributed by atoms with Gasteiger partial charge < -0.3 is 4.18 Å². The second kappa shape index (κ2) is 4.52. The molecule has 0 aromatic rings. The van der Waals surface area contributed by atoms with E-state index in [1.54, 1.807) is 6.08 Å². The van der Waals surface area contributed by atoms with Crippen LogP contribution in [0.25, 0.3) is 0 Å². The van der Waals surface area contributed by atoms with Gasteiger partial charge in [-0.05, 0) is 0 Å². The first-order valence-corrected chi connectivity index (χ1v) is 2.96. The smallest absolute Gasteiger partial charge is 0.357 e. The summed E-state index contributed by atoms with van der Waals surface area (Å²) in [6.45, 7) is 3.47. The molecule has 0 aromatic carbocycles. The van der Waals surface area contributed by atoms with Crippen molar-refractivity contribution in [3.05, 3.63) is 12.7 Å². The van der Waals surface area contributed by atoms with E-state index in [9.17, 15) is 0 Å². The van der Waals surface area contributed by atoms with E-state index < -0.39 is 0 Å². The topological polar surface area (TPSA) is 60.8 Å². The molecule has 0 amide bonds. The van der Waals surface area contributed by atoms with Crippen LogP contribution in [0.2, 0.25) is 0 Å². The summed E-state index contributed by atoms with van der Waals surface area (Å²) in [7, 11) is 0. The second-order valence-electron chi connectivity index (χ2n) is 1.06. The summed E-state index contributed by atoms with van der Waals surface area (Å²) in [5.41, 5.74) is 4.95. The van der Waals surface area contributed by atoms with Crippen LogP contribution < -0.4 is 11.1 Å². The minimum Gasteiger partial charge on any atom is -0.357 e. The third-order valence-corrected chi connectivity index (χ3v) is 1.02. The van der Waals surface area contributed by atoms with Crippen LogP contribution in [-0.4, -0.2) is 11.8 Å².